The van der Waals surface area contributed by atoms with E-state index in [9.17, 15) is 0 Å². The van der Waals surface area contributed by atoms with Crippen LogP contribution in [0.2, 0.25) is 0 Å². The molecule has 3 fully saturated rings. The molecule has 6 unspecified atom stereocenters. The van der Waals surface area contributed by atoms with E-state index < -0.39 is 47.7 Å². The van der Waals surface area contributed by atoms with Gasteiger partial charge in [0.05, 0.1) is 96.9 Å². The van der Waals surface area contributed by atoms with Crippen molar-refractivity contribution in [3.8, 4) is 34.5 Å². The van der Waals surface area contributed by atoms with Crippen LogP contribution in [0.3, 0.4) is 0 Å². The van der Waals surface area contributed by atoms with Crippen LogP contribution in [0.15, 0.2) is 103 Å². The van der Waals surface area contributed by atoms with Crippen molar-refractivity contribution in [1.82, 2.24) is 0 Å². The molecule has 0 bridgehead atoms. The number of hydrogen-bond acceptors (Lipinski definition) is 12. The molecule has 6 aliphatic rings. The fourth-order valence-electron chi connectivity index (χ4n) is 23.5. The smallest absolute Gasteiger partial charge is 0.614 e. The first-order valence-electron chi connectivity index (χ1n) is 59.4. The topological polar surface area (TPSA) is 130 Å². The highest BCUT2D eigenvalue weighted by Crippen LogP contribution is 2.46. The minimum atomic E-state index is -1.47. The highest BCUT2D eigenvalue weighted by Gasteiger charge is 2.37. The lowest BCUT2D eigenvalue weighted by Crippen LogP contribution is -2.50. The summed E-state index contributed by atoms with van der Waals surface area (Å²) >= 11 is -4.20. The van der Waals surface area contributed by atoms with Crippen molar-refractivity contribution in [2.45, 2.75) is 538 Å². The van der Waals surface area contributed by atoms with Crippen molar-refractivity contribution in [3.05, 3.63) is 173 Å². The van der Waals surface area contributed by atoms with E-state index in [0.29, 0.717) is 11.8 Å². The molecule has 3 aliphatic carbocycles. The number of fused-ring (bicyclic) bond motifs is 9. The van der Waals surface area contributed by atoms with Gasteiger partial charge < -0.3 is 27.2 Å². The van der Waals surface area contributed by atoms with Crippen molar-refractivity contribution < 1.29 is 27.2 Å². The molecule has 3 aliphatic heterocycles. The second kappa shape index (κ2) is 60.2. The van der Waals surface area contributed by atoms with E-state index in [1.54, 1.807) is 0 Å². The van der Waals surface area contributed by atoms with E-state index in [4.69, 9.17) is 52.7 Å². The molecule has 16 heteroatoms. The number of aryl methyl sites for hydroxylation is 5. The van der Waals surface area contributed by atoms with Crippen LogP contribution >= 0.6 is 0 Å². The molecule has 13 nitrogen and oxygen atoms in total. The van der Waals surface area contributed by atoms with E-state index in [1.807, 2.05) is 0 Å². The van der Waals surface area contributed by atoms with Crippen LogP contribution in [0.5, 0.6) is 34.5 Å². The minimum Gasteiger partial charge on any atom is -0.614 e. The first-order chi connectivity index (χ1) is 69.7. The number of quaternary nitrogens is 1. The van der Waals surface area contributed by atoms with Gasteiger partial charge in [-0.2, -0.15) is 0 Å². The number of nitrogens with zero attached hydrogens (tertiary/aromatic N) is 7. The number of unbranched alkanes of at least 4 members (excludes halogenated alkanes) is 11. The van der Waals surface area contributed by atoms with E-state index in [1.165, 1.54) is 329 Å². The summed E-state index contributed by atoms with van der Waals surface area (Å²) in [5.41, 5.74) is 22.7. The van der Waals surface area contributed by atoms with Gasteiger partial charge in [-0.25, -0.2) is 0 Å². The summed E-state index contributed by atoms with van der Waals surface area (Å²) in [6.45, 7) is 65.2. The van der Waals surface area contributed by atoms with Gasteiger partial charge >= 0.3 is 47.7 Å². The fraction of sp³-hybridized carbons (Fsp3) is 0.674. The molecule has 3 saturated carbocycles. The second-order valence-electron chi connectivity index (χ2n) is 48.7. The number of rotatable bonds is 41. The van der Waals surface area contributed by atoms with Crippen molar-refractivity contribution >= 4 is 84.9 Å². The number of aliphatic imine (C=N–C) groups is 6. The first kappa shape index (κ1) is 121. The first-order valence-corrected chi connectivity index (χ1v) is 62.9. The fourth-order valence-corrected chi connectivity index (χ4v) is 26.7. The minimum absolute atomic E-state index is 0.00809. The molecule has 6 aromatic rings. The summed E-state index contributed by atoms with van der Waals surface area (Å²) in [5, 5.41) is 0. The Labute approximate surface area is 906 Å². The SMILES string of the molecule is CCCCC(C)(CCCC)c1cc(C)c2c(c1)C=NC1CCCCC1N=Cc1cc(C(C)(CCCC)CCCC)cc(C)c1[O][AlH][O]2.CCCCC(CCCC)c1cc(C)c2c(c1)C=NC1CCCCC1N=Cc1cc(C(CCCC)CCCC)cc(C)c1[O][AlH][O]2.CCCC[N+](CCCC)(CCCC)CCCc1cc(C(C)(C)C)cc2c1[O][AlH][O]c1c(cc(C(C)(C)C)cc1C(C)(C)C)C=NC1CCCCC1N=C2. The van der Waals surface area contributed by atoms with Crippen LogP contribution in [0.25, 0.3) is 0 Å². The Morgan fingerprint density at radius 2 is 0.531 bits per heavy atom. The Morgan fingerprint density at radius 1 is 0.276 bits per heavy atom. The third-order valence-corrected chi connectivity index (χ3v) is 35.6. The van der Waals surface area contributed by atoms with Crippen LogP contribution in [0.1, 0.15) is 540 Å². The standard InChI is InChI=1S/C47H77N3O2.C42H66N2O2.C40H62N2O2.3Al.3H/c1-13-16-25-50(26-17-14-2,27-18-15-3)28-21-22-35-29-38(45(4,5)6)30-36(43(35)51)33-48-41-23-19-20-24-42(41)49-34-37-31-39(46(7,8)9)32-40(44(37)52)47(10,11)12;1-9-13-21-41(7,22-14-10-2)35-25-31(5)39(45)33(27-35)29-43-37-19-17-18-20-38(37)44-30-34-28-36(26-32(6)40(34)46)42(8,23-15-11-3)24-16-12-4;1-7-11-17-31(18-12-8-2)33-23-29(5)39(43)35(25-33)27-41-37-21-15-16-22-38(37)42-28-36-26-34(24-30(6)40(36)44)32(19-13-9-3)20-14-10-4;;;;;;/h29-34,41-42H,13-28H2,1-12H3,(H-,48,49,51,52);25-30,37-38,45-46H,9-24H2,1-8H3;23-28,31-32,37-38,43-44H,7-22H2,1-6H3;;;;;;/q;;;3*+2;;;/p-5. The molecule has 0 N–H and O–H groups in total. The zero-order valence-corrected chi connectivity index (χ0v) is 101. The van der Waals surface area contributed by atoms with Crippen LogP contribution in [0, 0.1) is 27.7 Å². The lowest BCUT2D eigenvalue weighted by molar-refractivity contribution is -0.929. The van der Waals surface area contributed by atoms with Crippen molar-refractivity contribution in [1.29, 1.82) is 0 Å². The average Bonchev–Trinajstić information content (AvgIpc) is 1.36. The molecule has 6 aromatic carbocycles. The predicted octanol–water partition coefficient (Wildman–Crippen LogP) is 34.2. The Kier molecular flexibility index (Phi) is 50.1. The number of hydrogen-bond donors (Lipinski definition) is 0. The molecule has 3 heterocycles. The number of benzene rings is 6. The van der Waals surface area contributed by atoms with Gasteiger partial charge in [-0.3, -0.25) is 30.0 Å². The van der Waals surface area contributed by atoms with E-state index in [0.717, 1.165) is 119 Å². The maximum atomic E-state index is 7.01. The van der Waals surface area contributed by atoms with Gasteiger partial charge in [0, 0.05) is 77.1 Å². The van der Waals surface area contributed by atoms with Crippen LogP contribution in [-0.4, -0.2) is 152 Å². The average molecular weight is 2030 g/mol. The van der Waals surface area contributed by atoms with Gasteiger partial charge in [0.25, 0.3) is 0 Å². The maximum absolute atomic E-state index is 7.01. The monoisotopic (exact) mass is 2030 g/mol. The van der Waals surface area contributed by atoms with E-state index >= 15 is 0 Å². The summed E-state index contributed by atoms with van der Waals surface area (Å²) in [5.74, 6) is 6.96. The van der Waals surface area contributed by atoms with E-state index in [-0.39, 0.29) is 63.3 Å². The summed E-state index contributed by atoms with van der Waals surface area (Å²) in [6.07, 6.45) is 66.2. The predicted molar refractivity (Wildman–Crippen MR) is 632 cm³/mol. The molecule has 145 heavy (non-hydrogen) atoms. The summed E-state index contributed by atoms with van der Waals surface area (Å²) < 4.78 is 41.9. The van der Waals surface area contributed by atoms with Crippen molar-refractivity contribution in [2.24, 2.45) is 30.0 Å². The molecule has 0 radical (unpaired) electrons. The maximum Gasteiger partial charge on any atom is 0.832 e. The largest absolute Gasteiger partial charge is 0.832 e. The van der Waals surface area contributed by atoms with Crippen molar-refractivity contribution in [2.75, 3.05) is 26.2 Å². The molecular formula is C129H203Al3N7O6+. The van der Waals surface area contributed by atoms with E-state index in [2.05, 4.69) is 290 Å². The Hall–Kier alpha value is -6.30. The Bertz CT molecular complexity index is 4870. The lowest BCUT2D eigenvalue weighted by Gasteiger charge is -2.39. The molecule has 0 saturated heterocycles. The highest BCUT2D eigenvalue weighted by atomic mass is 27.2. The Balaban J connectivity index is 0.000000224. The summed E-state index contributed by atoms with van der Waals surface area (Å²) in [4.78, 5) is 31.8. The van der Waals surface area contributed by atoms with Crippen LogP contribution in [0.4, 0.5) is 0 Å². The highest BCUT2D eigenvalue weighted by molar-refractivity contribution is 6.22. The van der Waals surface area contributed by atoms with Gasteiger partial charge in [-0.1, -0.05) is 349 Å². The molecular weight excluding hydrogens is 1820 g/mol. The molecule has 0 spiro atoms. The molecule has 0 amide bonds. The third-order valence-electron chi connectivity index (χ3n) is 33.2. The van der Waals surface area contributed by atoms with Gasteiger partial charge in [0.1, 0.15) is 0 Å². The lowest BCUT2D eigenvalue weighted by atomic mass is 9.73. The summed E-state index contributed by atoms with van der Waals surface area (Å²) in [7, 11) is 0. The molecule has 798 valence electrons. The molecule has 0 aromatic heterocycles. The molecule has 12 rings (SSSR count). The Morgan fingerprint density at radius 3 is 0.828 bits per heavy atom. The van der Waals surface area contributed by atoms with Crippen LogP contribution < -0.4 is 22.7 Å². The normalized spacial score (nSPS) is 18.3. The van der Waals surface area contributed by atoms with Gasteiger partial charge in [0.15, 0.2) is 0 Å². The van der Waals surface area contributed by atoms with Crippen molar-refractivity contribution in [3.63, 3.8) is 0 Å². The zero-order chi connectivity index (χ0) is 105. The van der Waals surface area contributed by atoms with Gasteiger partial charge in [0.2, 0.25) is 0 Å². The summed E-state index contributed by atoms with van der Waals surface area (Å²) in [6, 6.07) is 29.7. The zero-order valence-electron chi connectivity index (χ0n) is 97.2. The molecule has 6 atom stereocenters. The third kappa shape index (κ3) is 35.6. The van der Waals surface area contributed by atoms with Gasteiger partial charge in [-0.15, -0.1) is 0 Å². The van der Waals surface area contributed by atoms with Gasteiger partial charge in [-0.05, 0) is 285 Å². The van der Waals surface area contributed by atoms with Crippen LogP contribution in [-0.2, 0) is 33.5 Å². The quantitative estimate of drug-likeness (QED) is 0.0278. The second-order valence-corrected chi connectivity index (χ2v) is 51.2.